The van der Waals surface area contributed by atoms with Crippen LogP contribution in [0.4, 0.5) is 5.82 Å². The summed E-state index contributed by atoms with van der Waals surface area (Å²) in [5, 5.41) is 5.03. The molecular formula is C39H56N4O6. The zero-order valence-electron chi connectivity index (χ0n) is 31.0. The first-order valence-electron chi connectivity index (χ1n) is 17.4. The van der Waals surface area contributed by atoms with E-state index in [1.807, 2.05) is 70.3 Å². The second kappa shape index (κ2) is 16.3. The van der Waals surface area contributed by atoms with Crippen molar-refractivity contribution in [3.63, 3.8) is 0 Å². The molecule has 0 aliphatic carbocycles. The minimum Gasteiger partial charge on any atom is -0.490 e. The molecule has 1 aromatic carbocycles. The highest BCUT2D eigenvalue weighted by Crippen LogP contribution is 2.38. The number of hydrogen-bond donors (Lipinski definition) is 0. The second-order valence-corrected chi connectivity index (χ2v) is 14.2. The van der Waals surface area contributed by atoms with Crippen LogP contribution in [0.15, 0.2) is 49.6 Å². The summed E-state index contributed by atoms with van der Waals surface area (Å²) in [5.74, 6) is 1.10. The summed E-state index contributed by atoms with van der Waals surface area (Å²) in [4.78, 5) is 20.8. The van der Waals surface area contributed by atoms with Crippen LogP contribution in [0.1, 0.15) is 108 Å². The minimum atomic E-state index is -0.996. The van der Waals surface area contributed by atoms with E-state index < -0.39 is 17.7 Å². The molecule has 3 aromatic rings. The number of ether oxygens (including phenoxy) is 5. The highest BCUT2D eigenvalue weighted by atomic mass is 16.6. The molecule has 3 atom stereocenters. The topological polar surface area (TPSA) is 96.7 Å². The summed E-state index contributed by atoms with van der Waals surface area (Å²) in [6.07, 6.45) is 4.70. The third kappa shape index (κ3) is 9.71. The number of aromatic nitrogens is 3. The van der Waals surface area contributed by atoms with Crippen LogP contribution in [-0.2, 0) is 30.3 Å². The van der Waals surface area contributed by atoms with Gasteiger partial charge in [0.2, 0.25) is 0 Å². The SMILES string of the molecule is C=CCOC1(C)CCN(c2c(C(OC(C)(C)C)C(=O)OCC)c(C)nc3cc(COC(C)c4cc(C)ccc4OC(C)CC=C)nn23)CC1. The zero-order valence-corrected chi connectivity index (χ0v) is 31.0. The normalized spacial score (nSPS) is 16.6. The van der Waals surface area contributed by atoms with E-state index in [9.17, 15) is 4.79 Å². The molecule has 1 aliphatic heterocycles. The van der Waals surface area contributed by atoms with Crippen molar-refractivity contribution in [2.75, 3.05) is 31.2 Å². The van der Waals surface area contributed by atoms with Crippen LogP contribution >= 0.6 is 0 Å². The molecule has 268 valence electrons. The molecule has 10 heteroatoms. The molecule has 1 saturated heterocycles. The number of rotatable bonds is 16. The zero-order chi connectivity index (χ0) is 35.9. The second-order valence-electron chi connectivity index (χ2n) is 14.2. The van der Waals surface area contributed by atoms with Crippen LogP contribution in [0.25, 0.3) is 5.65 Å². The maximum absolute atomic E-state index is 13.6. The van der Waals surface area contributed by atoms with Gasteiger partial charge in [-0.2, -0.15) is 9.61 Å². The lowest BCUT2D eigenvalue weighted by atomic mass is 9.92. The first kappa shape index (κ1) is 38.1. The molecule has 10 nitrogen and oxygen atoms in total. The van der Waals surface area contributed by atoms with Crippen LogP contribution < -0.4 is 9.64 Å². The van der Waals surface area contributed by atoms with Crippen LogP contribution in [0, 0.1) is 13.8 Å². The lowest BCUT2D eigenvalue weighted by molar-refractivity contribution is -0.166. The maximum atomic E-state index is 13.6. The van der Waals surface area contributed by atoms with Gasteiger partial charge in [-0.25, -0.2) is 9.78 Å². The van der Waals surface area contributed by atoms with Gasteiger partial charge in [-0.3, -0.25) is 0 Å². The quantitative estimate of drug-likeness (QED) is 0.111. The Hall–Kier alpha value is -3.73. The van der Waals surface area contributed by atoms with E-state index in [1.54, 1.807) is 13.0 Å². The van der Waals surface area contributed by atoms with E-state index in [0.717, 1.165) is 42.0 Å². The third-order valence-corrected chi connectivity index (χ3v) is 8.67. The number of piperidine rings is 1. The smallest absolute Gasteiger partial charge is 0.340 e. The fourth-order valence-corrected chi connectivity index (χ4v) is 6.13. The Morgan fingerprint density at radius 1 is 1.10 bits per heavy atom. The molecule has 0 amide bonds. The van der Waals surface area contributed by atoms with Gasteiger partial charge in [0, 0.05) is 36.8 Å². The Morgan fingerprint density at radius 2 is 1.82 bits per heavy atom. The molecule has 0 spiro atoms. The molecule has 0 bridgehead atoms. The van der Waals surface area contributed by atoms with Crippen molar-refractivity contribution in [3.05, 3.63) is 77.7 Å². The number of carbonyl (C=O) groups is 1. The van der Waals surface area contributed by atoms with Crippen LogP contribution in [0.2, 0.25) is 0 Å². The molecule has 0 saturated carbocycles. The fraction of sp³-hybridized carbons (Fsp3) is 0.564. The van der Waals surface area contributed by atoms with E-state index >= 15 is 0 Å². The van der Waals surface area contributed by atoms with E-state index in [2.05, 4.69) is 38.0 Å². The predicted octanol–water partition coefficient (Wildman–Crippen LogP) is 7.95. The minimum absolute atomic E-state index is 0.00609. The average molecular weight is 677 g/mol. The Morgan fingerprint density at radius 3 is 2.45 bits per heavy atom. The van der Waals surface area contributed by atoms with Gasteiger partial charge in [0.1, 0.15) is 11.6 Å². The molecule has 49 heavy (non-hydrogen) atoms. The van der Waals surface area contributed by atoms with Gasteiger partial charge in [-0.1, -0.05) is 23.8 Å². The van der Waals surface area contributed by atoms with Gasteiger partial charge >= 0.3 is 5.97 Å². The Bertz CT molecular complexity index is 1600. The van der Waals surface area contributed by atoms with Gasteiger partial charge in [-0.05, 0) is 87.3 Å². The summed E-state index contributed by atoms with van der Waals surface area (Å²) in [7, 11) is 0. The number of fused-ring (bicyclic) bond motifs is 1. The number of nitrogens with zero attached hydrogens (tertiary/aromatic N) is 4. The van der Waals surface area contributed by atoms with E-state index in [4.69, 9.17) is 33.8 Å². The fourth-order valence-electron chi connectivity index (χ4n) is 6.13. The lowest BCUT2D eigenvalue weighted by Crippen LogP contribution is -2.45. The van der Waals surface area contributed by atoms with Crippen molar-refractivity contribution in [1.29, 1.82) is 0 Å². The number of aryl methyl sites for hydroxylation is 2. The molecule has 3 heterocycles. The van der Waals surface area contributed by atoms with Gasteiger partial charge < -0.3 is 28.6 Å². The lowest BCUT2D eigenvalue weighted by Gasteiger charge is -2.41. The highest BCUT2D eigenvalue weighted by molar-refractivity contribution is 5.80. The summed E-state index contributed by atoms with van der Waals surface area (Å²) in [6.45, 7) is 27.8. The van der Waals surface area contributed by atoms with Gasteiger partial charge in [-0.15, -0.1) is 13.2 Å². The molecule has 1 aliphatic rings. The van der Waals surface area contributed by atoms with Crippen molar-refractivity contribution >= 4 is 17.4 Å². The molecule has 0 radical (unpaired) electrons. The molecule has 0 N–H and O–H groups in total. The van der Waals surface area contributed by atoms with Gasteiger partial charge in [0.15, 0.2) is 11.8 Å². The van der Waals surface area contributed by atoms with Gasteiger partial charge in [0.25, 0.3) is 0 Å². The first-order chi connectivity index (χ1) is 23.2. The Labute approximate surface area is 292 Å². The average Bonchev–Trinajstić information content (AvgIpc) is 3.44. The molecular weight excluding hydrogens is 620 g/mol. The van der Waals surface area contributed by atoms with Crippen LogP contribution in [0.3, 0.4) is 0 Å². The van der Waals surface area contributed by atoms with Gasteiger partial charge in [0.05, 0.1) is 54.5 Å². The van der Waals surface area contributed by atoms with E-state index in [1.165, 1.54) is 0 Å². The van der Waals surface area contributed by atoms with Crippen molar-refractivity contribution in [2.45, 2.75) is 118 Å². The number of esters is 1. The predicted molar refractivity (Wildman–Crippen MR) is 193 cm³/mol. The number of benzene rings is 1. The van der Waals surface area contributed by atoms with E-state index in [0.29, 0.717) is 42.3 Å². The van der Waals surface area contributed by atoms with Crippen molar-refractivity contribution in [2.24, 2.45) is 0 Å². The Kier molecular flexibility index (Phi) is 12.7. The van der Waals surface area contributed by atoms with Crippen molar-refractivity contribution in [1.82, 2.24) is 14.6 Å². The third-order valence-electron chi connectivity index (χ3n) is 8.67. The van der Waals surface area contributed by atoms with Crippen LogP contribution in [-0.4, -0.2) is 64.2 Å². The standard InChI is InChI=1S/C39H56N4O6/c1-12-15-27(5)48-32-17-16-26(4)23-31(32)29(7)46-25-30-24-33-40-28(6)34(35(37(44)45-14-3)49-38(8,9)10)36(43(33)41-30)42-20-18-39(11,19-21-42)47-22-13-2/h12-13,16-17,23-24,27,29,35H,1-2,14-15,18-22,25H2,3-11H3. The highest BCUT2D eigenvalue weighted by Gasteiger charge is 2.38. The Balaban J connectivity index is 1.73. The van der Waals surface area contributed by atoms with E-state index in [-0.39, 0.29) is 31.0 Å². The van der Waals surface area contributed by atoms with Crippen molar-refractivity contribution in [3.8, 4) is 5.75 Å². The maximum Gasteiger partial charge on any atom is 0.340 e. The summed E-state index contributed by atoms with van der Waals surface area (Å²) < 4.78 is 32.7. The first-order valence-corrected chi connectivity index (χ1v) is 17.4. The molecule has 3 unspecified atom stereocenters. The number of carbonyl (C=O) groups excluding carboxylic acids is 1. The largest absolute Gasteiger partial charge is 0.490 e. The van der Waals surface area contributed by atoms with Crippen molar-refractivity contribution < 1.29 is 28.5 Å². The summed E-state index contributed by atoms with van der Waals surface area (Å²) in [5.41, 5.74) is 3.89. The number of hydrogen-bond acceptors (Lipinski definition) is 9. The molecule has 2 aromatic heterocycles. The summed E-state index contributed by atoms with van der Waals surface area (Å²) in [6, 6.07) is 8.09. The van der Waals surface area contributed by atoms with Crippen LogP contribution in [0.5, 0.6) is 5.75 Å². The molecule has 1 fully saturated rings. The molecule has 4 rings (SSSR count). The monoisotopic (exact) mass is 676 g/mol. The summed E-state index contributed by atoms with van der Waals surface area (Å²) >= 11 is 0. The number of anilines is 1.